The van der Waals surface area contributed by atoms with E-state index in [1.54, 1.807) is 0 Å². The molecule has 0 unspecified atom stereocenters. The first kappa shape index (κ1) is 8.41. The van der Waals surface area contributed by atoms with E-state index in [-0.39, 0.29) is 0 Å². The van der Waals surface area contributed by atoms with E-state index < -0.39 is 0 Å². The monoisotopic (exact) mass is 180 g/mol. The fourth-order valence-electron chi connectivity index (χ4n) is 1.45. The van der Waals surface area contributed by atoms with Crippen LogP contribution in [0, 0.1) is 0 Å². The first-order chi connectivity index (χ1) is 6.22. The van der Waals surface area contributed by atoms with Gasteiger partial charge in [0.25, 0.3) is 0 Å². The van der Waals surface area contributed by atoms with Crippen LogP contribution in [0.5, 0.6) is 0 Å². The minimum absolute atomic E-state index is 0.627. The number of rotatable bonds is 3. The Morgan fingerprint density at radius 1 is 1.62 bits per heavy atom. The molecule has 0 aromatic carbocycles. The lowest BCUT2D eigenvalue weighted by Gasteiger charge is -2.04. The predicted octanol–water partition coefficient (Wildman–Crippen LogP) is 1.14. The SMILES string of the molecule is CCc1nn(C)c(NC2CC2)c1N. The van der Waals surface area contributed by atoms with E-state index >= 15 is 0 Å². The number of aryl methyl sites for hydroxylation is 2. The summed E-state index contributed by atoms with van der Waals surface area (Å²) in [5.74, 6) is 0.986. The average Bonchev–Trinajstić information content (AvgIpc) is 2.87. The van der Waals surface area contributed by atoms with Crippen molar-refractivity contribution in [2.24, 2.45) is 7.05 Å². The number of nitrogen functional groups attached to an aromatic ring is 1. The number of anilines is 2. The fourth-order valence-corrected chi connectivity index (χ4v) is 1.45. The molecule has 1 fully saturated rings. The van der Waals surface area contributed by atoms with E-state index in [2.05, 4.69) is 17.3 Å². The standard InChI is InChI=1S/C9H16N4/c1-3-7-8(10)9(13(2)12-7)11-6-4-5-6/h6,11H,3-5,10H2,1-2H3. The second kappa shape index (κ2) is 2.94. The van der Waals surface area contributed by atoms with E-state index in [0.717, 1.165) is 23.6 Å². The number of hydrogen-bond acceptors (Lipinski definition) is 3. The third-order valence-electron chi connectivity index (χ3n) is 2.41. The van der Waals surface area contributed by atoms with Gasteiger partial charge in [-0.2, -0.15) is 5.10 Å². The maximum Gasteiger partial charge on any atom is 0.147 e. The molecular weight excluding hydrogens is 164 g/mol. The molecule has 1 saturated carbocycles. The molecule has 1 aromatic rings. The summed E-state index contributed by atoms with van der Waals surface area (Å²) >= 11 is 0. The Balaban J connectivity index is 2.25. The number of hydrogen-bond donors (Lipinski definition) is 2. The lowest BCUT2D eigenvalue weighted by atomic mass is 10.3. The Bertz CT molecular complexity index is 312. The quantitative estimate of drug-likeness (QED) is 0.733. The summed E-state index contributed by atoms with van der Waals surface area (Å²) in [5, 5.41) is 7.72. The molecule has 1 aliphatic rings. The van der Waals surface area contributed by atoms with E-state index in [1.807, 2.05) is 11.7 Å². The van der Waals surface area contributed by atoms with E-state index in [4.69, 9.17) is 5.73 Å². The molecule has 0 saturated heterocycles. The first-order valence-electron chi connectivity index (χ1n) is 4.80. The second-order valence-corrected chi connectivity index (χ2v) is 3.60. The van der Waals surface area contributed by atoms with Crippen molar-refractivity contribution in [1.82, 2.24) is 9.78 Å². The lowest BCUT2D eigenvalue weighted by molar-refractivity contribution is 0.747. The van der Waals surface area contributed by atoms with Crippen LogP contribution < -0.4 is 11.1 Å². The molecule has 0 radical (unpaired) electrons. The maximum absolute atomic E-state index is 5.94. The molecular formula is C9H16N4. The van der Waals surface area contributed by atoms with Gasteiger partial charge in [-0.25, -0.2) is 0 Å². The van der Waals surface area contributed by atoms with Crippen molar-refractivity contribution in [1.29, 1.82) is 0 Å². The van der Waals surface area contributed by atoms with Gasteiger partial charge in [-0.05, 0) is 19.3 Å². The van der Waals surface area contributed by atoms with Crippen molar-refractivity contribution < 1.29 is 0 Å². The molecule has 2 rings (SSSR count). The average molecular weight is 180 g/mol. The van der Waals surface area contributed by atoms with Gasteiger partial charge in [-0.1, -0.05) is 6.92 Å². The zero-order valence-corrected chi connectivity index (χ0v) is 8.17. The molecule has 1 heterocycles. The third kappa shape index (κ3) is 1.48. The van der Waals surface area contributed by atoms with Crippen molar-refractivity contribution in [2.75, 3.05) is 11.1 Å². The maximum atomic E-state index is 5.94. The van der Waals surface area contributed by atoms with Gasteiger partial charge in [0.2, 0.25) is 0 Å². The van der Waals surface area contributed by atoms with Gasteiger partial charge in [-0.15, -0.1) is 0 Å². The molecule has 0 atom stereocenters. The van der Waals surface area contributed by atoms with Crippen LogP contribution in [0.25, 0.3) is 0 Å². The summed E-state index contributed by atoms with van der Waals surface area (Å²) in [4.78, 5) is 0. The van der Waals surface area contributed by atoms with Crippen molar-refractivity contribution >= 4 is 11.5 Å². The molecule has 0 bridgehead atoms. The Hall–Kier alpha value is -1.19. The zero-order valence-electron chi connectivity index (χ0n) is 8.17. The molecule has 13 heavy (non-hydrogen) atoms. The minimum Gasteiger partial charge on any atom is -0.394 e. The van der Waals surface area contributed by atoms with Crippen molar-refractivity contribution in [3.05, 3.63) is 5.69 Å². The van der Waals surface area contributed by atoms with Crippen LogP contribution in [-0.2, 0) is 13.5 Å². The molecule has 1 aliphatic carbocycles. The largest absolute Gasteiger partial charge is 0.394 e. The summed E-state index contributed by atoms with van der Waals surface area (Å²) in [7, 11) is 1.93. The topological polar surface area (TPSA) is 55.9 Å². The van der Waals surface area contributed by atoms with Gasteiger partial charge in [0.1, 0.15) is 5.82 Å². The van der Waals surface area contributed by atoms with Crippen LogP contribution in [0.2, 0.25) is 0 Å². The van der Waals surface area contributed by atoms with Gasteiger partial charge in [0, 0.05) is 13.1 Å². The molecule has 0 amide bonds. The molecule has 3 N–H and O–H groups in total. The van der Waals surface area contributed by atoms with Crippen molar-refractivity contribution in [3.8, 4) is 0 Å². The highest BCUT2D eigenvalue weighted by Crippen LogP contribution is 2.29. The molecule has 4 nitrogen and oxygen atoms in total. The van der Waals surface area contributed by atoms with Gasteiger partial charge in [0.05, 0.1) is 11.4 Å². The fraction of sp³-hybridized carbons (Fsp3) is 0.667. The molecule has 72 valence electrons. The molecule has 0 spiro atoms. The van der Waals surface area contributed by atoms with Crippen LogP contribution in [-0.4, -0.2) is 15.8 Å². The van der Waals surface area contributed by atoms with Crippen LogP contribution in [0.4, 0.5) is 11.5 Å². The molecule has 0 aliphatic heterocycles. The molecule has 4 heteroatoms. The number of nitrogens with one attached hydrogen (secondary N) is 1. The summed E-state index contributed by atoms with van der Waals surface area (Å²) < 4.78 is 1.84. The van der Waals surface area contributed by atoms with Crippen molar-refractivity contribution in [3.63, 3.8) is 0 Å². The zero-order chi connectivity index (χ0) is 9.42. The highest BCUT2D eigenvalue weighted by atomic mass is 15.3. The van der Waals surface area contributed by atoms with Crippen LogP contribution >= 0.6 is 0 Å². The summed E-state index contributed by atoms with van der Waals surface area (Å²) in [5.41, 5.74) is 7.75. The highest BCUT2D eigenvalue weighted by Gasteiger charge is 2.24. The predicted molar refractivity (Wildman–Crippen MR) is 53.6 cm³/mol. The van der Waals surface area contributed by atoms with Gasteiger partial charge in [-0.3, -0.25) is 4.68 Å². The Kier molecular flexibility index (Phi) is 1.90. The normalized spacial score (nSPS) is 16.2. The number of nitrogens with zero attached hydrogens (tertiary/aromatic N) is 2. The Morgan fingerprint density at radius 3 is 2.77 bits per heavy atom. The van der Waals surface area contributed by atoms with Gasteiger partial charge >= 0.3 is 0 Å². The number of aromatic nitrogens is 2. The first-order valence-corrected chi connectivity index (χ1v) is 4.80. The number of nitrogens with two attached hydrogens (primary N) is 1. The minimum atomic E-state index is 0.627. The van der Waals surface area contributed by atoms with Crippen LogP contribution in [0.1, 0.15) is 25.5 Å². The van der Waals surface area contributed by atoms with Crippen LogP contribution in [0.3, 0.4) is 0 Å². The summed E-state index contributed by atoms with van der Waals surface area (Å²) in [6.45, 7) is 2.07. The Morgan fingerprint density at radius 2 is 2.31 bits per heavy atom. The summed E-state index contributed by atoms with van der Waals surface area (Å²) in [6.07, 6.45) is 3.41. The smallest absolute Gasteiger partial charge is 0.147 e. The van der Waals surface area contributed by atoms with Gasteiger partial charge in [0.15, 0.2) is 0 Å². The third-order valence-corrected chi connectivity index (χ3v) is 2.41. The van der Waals surface area contributed by atoms with Crippen LogP contribution in [0.15, 0.2) is 0 Å². The van der Waals surface area contributed by atoms with Crippen molar-refractivity contribution in [2.45, 2.75) is 32.2 Å². The van der Waals surface area contributed by atoms with E-state index in [9.17, 15) is 0 Å². The van der Waals surface area contributed by atoms with Gasteiger partial charge < -0.3 is 11.1 Å². The highest BCUT2D eigenvalue weighted by molar-refractivity contribution is 5.65. The van der Waals surface area contributed by atoms with E-state index in [0.29, 0.717) is 6.04 Å². The summed E-state index contributed by atoms with van der Waals surface area (Å²) in [6, 6.07) is 0.627. The lowest BCUT2D eigenvalue weighted by Crippen LogP contribution is -2.07. The molecule has 1 aromatic heterocycles. The Labute approximate surface area is 78.1 Å². The van der Waals surface area contributed by atoms with E-state index in [1.165, 1.54) is 12.8 Å². The second-order valence-electron chi connectivity index (χ2n) is 3.60.